The van der Waals surface area contributed by atoms with E-state index in [4.69, 9.17) is 21.1 Å². The molecule has 0 unspecified atom stereocenters. The second-order valence-electron chi connectivity index (χ2n) is 7.05. The number of carbonyl (C=O) groups is 3. The fourth-order valence-corrected chi connectivity index (χ4v) is 4.11. The first kappa shape index (κ1) is 24.4. The molecule has 0 atom stereocenters. The largest absolute Gasteiger partial charge is 0.490 e. The van der Waals surface area contributed by atoms with Gasteiger partial charge in [-0.05, 0) is 61.5 Å². The maximum absolute atomic E-state index is 12.5. The van der Waals surface area contributed by atoms with Crippen LogP contribution in [0.3, 0.4) is 0 Å². The summed E-state index contributed by atoms with van der Waals surface area (Å²) < 4.78 is 11.3. The van der Waals surface area contributed by atoms with E-state index in [-0.39, 0.29) is 40.0 Å². The number of carbonyl (C=O) groups excluding carboxylic acids is 3. The van der Waals surface area contributed by atoms with Gasteiger partial charge >= 0.3 is 0 Å². The summed E-state index contributed by atoms with van der Waals surface area (Å²) in [5.41, 5.74) is 2.30. The predicted molar refractivity (Wildman–Crippen MR) is 131 cm³/mol. The van der Waals surface area contributed by atoms with Crippen molar-refractivity contribution >= 4 is 52.2 Å². The number of rotatable bonds is 9. The molecule has 0 spiro atoms. The standard InChI is InChI=1S/C24H23ClN2O5S/c1-4-10-27-23(29)20(33-24(27)30)13-16-11-18(25)22(19(12-16)31-5-2)32-14-21(28)26-17-8-6-15(3)7-9-17/h4,6-9,11-13H,1,5,10,14H2,2-3H3,(H,26,28)/b20-13+. The van der Waals surface area contributed by atoms with Gasteiger partial charge in [0.1, 0.15) is 0 Å². The van der Waals surface area contributed by atoms with E-state index >= 15 is 0 Å². The van der Waals surface area contributed by atoms with Crippen LogP contribution in [0.5, 0.6) is 11.5 Å². The number of ether oxygens (including phenoxy) is 2. The third kappa shape index (κ3) is 6.18. The van der Waals surface area contributed by atoms with Crippen LogP contribution in [0.4, 0.5) is 10.5 Å². The minimum atomic E-state index is -0.396. The Balaban J connectivity index is 1.76. The molecular formula is C24H23ClN2O5S. The van der Waals surface area contributed by atoms with Gasteiger partial charge in [-0.15, -0.1) is 6.58 Å². The molecule has 0 bridgehead atoms. The molecule has 0 aliphatic carbocycles. The van der Waals surface area contributed by atoms with Gasteiger partial charge in [0.15, 0.2) is 18.1 Å². The zero-order valence-corrected chi connectivity index (χ0v) is 19.8. The van der Waals surface area contributed by atoms with Crippen LogP contribution in [-0.4, -0.2) is 41.7 Å². The van der Waals surface area contributed by atoms with Crippen molar-refractivity contribution in [2.75, 3.05) is 25.1 Å². The average molecular weight is 487 g/mol. The number of halogens is 1. The first-order valence-electron chi connectivity index (χ1n) is 10.1. The number of anilines is 1. The Morgan fingerprint density at radius 3 is 2.61 bits per heavy atom. The van der Waals surface area contributed by atoms with E-state index in [2.05, 4.69) is 11.9 Å². The van der Waals surface area contributed by atoms with Gasteiger partial charge in [-0.1, -0.05) is 35.4 Å². The molecule has 1 aliphatic rings. The highest BCUT2D eigenvalue weighted by Crippen LogP contribution is 2.39. The average Bonchev–Trinajstić information content (AvgIpc) is 3.02. The van der Waals surface area contributed by atoms with E-state index < -0.39 is 5.91 Å². The number of nitrogens with zero attached hydrogens (tertiary/aromatic N) is 1. The van der Waals surface area contributed by atoms with Crippen molar-refractivity contribution in [3.8, 4) is 11.5 Å². The molecule has 2 aromatic carbocycles. The molecule has 1 N–H and O–H groups in total. The maximum atomic E-state index is 12.5. The molecule has 7 nitrogen and oxygen atoms in total. The first-order chi connectivity index (χ1) is 15.8. The van der Waals surface area contributed by atoms with Crippen LogP contribution in [0.25, 0.3) is 6.08 Å². The van der Waals surface area contributed by atoms with Crippen molar-refractivity contribution in [3.63, 3.8) is 0 Å². The second-order valence-corrected chi connectivity index (χ2v) is 8.45. The highest BCUT2D eigenvalue weighted by Gasteiger charge is 2.34. The summed E-state index contributed by atoms with van der Waals surface area (Å²) in [4.78, 5) is 38.2. The van der Waals surface area contributed by atoms with E-state index in [0.29, 0.717) is 23.6 Å². The summed E-state index contributed by atoms with van der Waals surface area (Å²) in [6.07, 6.45) is 3.06. The molecule has 1 fully saturated rings. The van der Waals surface area contributed by atoms with Crippen LogP contribution >= 0.6 is 23.4 Å². The van der Waals surface area contributed by atoms with Gasteiger partial charge in [0, 0.05) is 12.2 Å². The van der Waals surface area contributed by atoms with Crippen LogP contribution in [0, 0.1) is 6.92 Å². The minimum absolute atomic E-state index is 0.143. The second kappa shape index (κ2) is 11.1. The number of imide groups is 1. The lowest BCUT2D eigenvalue weighted by Crippen LogP contribution is -2.27. The number of thioether (sulfide) groups is 1. The van der Waals surface area contributed by atoms with Crippen LogP contribution in [-0.2, 0) is 9.59 Å². The molecule has 1 saturated heterocycles. The van der Waals surface area contributed by atoms with Crippen molar-refractivity contribution < 1.29 is 23.9 Å². The highest BCUT2D eigenvalue weighted by atomic mass is 35.5. The molecule has 172 valence electrons. The van der Waals surface area contributed by atoms with Crippen LogP contribution in [0.2, 0.25) is 5.02 Å². The van der Waals surface area contributed by atoms with E-state index in [1.165, 1.54) is 6.08 Å². The van der Waals surface area contributed by atoms with E-state index in [1.54, 1.807) is 37.3 Å². The SMILES string of the molecule is C=CCN1C(=O)S/C(=C/c2cc(Cl)c(OCC(=O)Nc3ccc(C)cc3)c(OCC)c2)C1=O. The zero-order valence-electron chi connectivity index (χ0n) is 18.2. The maximum Gasteiger partial charge on any atom is 0.293 e. The van der Waals surface area contributed by atoms with Crippen molar-refractivity contribution in [2.24, 2.45) is 0 Å². The topological polar surface area (TPSA) is 84.9 Å². The quantitative estimate of drug-likeness (QED) is 0.383. The van der Waals surface area contributed by atoms with Gasteiger partial charge in [-0.2, -0.15) is 0 Å². The molecule has 0 saturated carbocycles. The summed E-state index contributed by atoms with van der Waals surface area (Å²) >= 11 is 7.26. The number of hydrogen-bond donors (Lipinski definition) is 1. The third-order valence-electron chi connectivity index (χ3n) is 4.50. The van der Waals surface area contributed by atoms with Crippen LogP contribution < -0.4 is 14.8 Å². The monoisotopic (exact) mass is 486 g/mol. The molecular weight excluding hydrogens is 464 g/mol. The van der Waals surface area contributed by atoms with Gasteiger partial charge in [-0.3, -0.25) is 19.3 Å². The van der Waals surface area contributed by atoms with Gasteiger partial charge < -0.3 is 14.8 Å². The summed E-state index contributed by atoms with van der Waals surface area (Å²) in [6.45, 7) is 7.53. The molecule has 0 radical (unpaired) electrons. The van der Waals surface area contributed by atoms with E-state index in [1.807, 2.05) is 19.1 Å². The molecule has 1 aliphatic heterocycles. The minimum Gasteiger partial charge on any atom is -0.490 e. The van der Waals surface area contributed by atoms with Crippen molar-refractivity contribution in [2.45, 2.75) is 13.8 Å². The number of aryl methyl sites for hydroxylation is 1. The number of amides is 3. The molecule has 2 aromatic rings. The Morgan fingerprint density at radius 1 is 1.21 bits per heavy atom. The predicted octanol–water partition coefficient (Wildman–Crippen LogP) is 5.29. The Hall–Kier alpha value is -3.23. The van der Waals surface area contributed by atoms with Crippen molar-refractivity contribution in [1.82, 2.24) is 4.90 Å². The lowest BCUT2D eigenvalue weighted by atomic mass is 10.1. The summed E-state index contributed by atoms with van der Waals surface area (Å²) in [7, 11) is 0. The smallest absolute Gasteiger partial charge is 0.293 e. The summed E-state index contributed by atoms with van der Waals surface area (Å²) in [6, 6.07) is 10.6. The van der Waals surface area contributed by atoms with Crippen LogP contribution in [0.1, 0.15) is 18.1 Å². The Kier molecular flexibility index (Phi) is 8.19. The molecule has 3 rings (SSSR count). The third-order valence-corrected chi connectivity index (χ3v) is 5.69. The van der Waals surface area contributed by atoms with Gasteiger partial charge in [0.05, 0.1) is 16.5 Å². The van der Waals surface area contributed by atoms with Crippen molar-refractivity contribution in [3.05, 3.63) is 70.1 Å². The summed E-state index contributed by atoms with van der Waals surface area (Å²) in [5.74, 6) is -0.205. The molecule has 0 aromatic heterocycles. The van der Waals surface area contributed by atoms with Gasteiger partial charge in [0.2, 0.25) is 0 Å². The zero-order chi connectivity index (χ0) is 24.0. The molecule has 1 heterocycles. The lowest BCUT2D eigenvalue weighted by molar-refractivity contribution is -0.122. The van der Waals surface area contributed by atoms with Crippen LogP contribution in [0.15, 0.2) is 54.0 Å². The van der Waals surface area contributed by atoms with Gasteiger partial charge in [-0.25, -0.2) is 0 Å². The van der Waals surface area contributed by atoms with Gasteiger partial charge in [0.25, 0.3) is 17.1 Å². The summed E-state index contributed by atoms with van der Waals surface area (Å²) in [5, 5.41) is 2.60. The Morgan fingerprint density at radius 2 is 1.94 bits per heavy atom. The fraction of sp³-hybridized carbons (Fsp3) is 0.208. The molecule has 3 amide bonds. The Bertz CT molecular complexity index is 1110. The number of hydrogen-bond acceptors (Lipinski definition) is 6. The fourth-order valence-electron chi connectivity index (χ4n) is 2.98. The molecule has 33 heavy (non-hydrogen) atoms. The molecule has 9 heteroatoms. The van der Waals surface area contributed by atoms with E-state index in [9.17, 15) is 14.4 Å². The number of benzene rings is 2. The normalized spacial score (nSPS) is 14.5. The highest BCUT2D eigenvalue weighted by molar-refractivity contribution is 8.18. The van der Waals surface area contributed by atoms with E-state index in [0.717, 1.165) is 22.2 Å². The Labute approximate surface area is 201 Å². The van der Waals surface area contributed by atoms with Crippen molar-refractivity contribution in [1.29, 1.82) is 0 Å². The first-order valence-corrected chi connectivity index (χ1v) is 11.3. The lowest BCUT2D eigenvalue weighted by Gasteiger charge is -2.14. The number of nitrogens with one attached hydrogen (secondary N) is 1.